The molecule has 2 aliphatic rings. The second-order valence-electron chi connectivity index (χ2n) is 6.29. The molecule has 0 aliphatic carbocycles. The predicted molar refractivity (Wildman–Crippen MR) is 89.4 cm³/mol. The van der Waals surface area contributed by atoms with Crippen molar-refractivity contribution in [3.05, 3.63) is 42.6 Å². The standard InChI is InChI=1S/C17H21N5O/c23-17-8-14(12-21(17)15-4-2-1-3-5-15)18-9-13-10-19-16-6-7-20-22(16)11-13/h1-7,13-14,18-19H,8-12H2. The molecule has 1 amide bonds. The molecule has 6 heteroatoms. The highest BCUT2D eigenvalue weighted by molar-refractivity contribution is 5.96. The van der Waals surface area contributed by atoms with E-state index in [1.807, 2.05) is 52.2 Å². The van der Waals surface area contributed by atoms with E-state index in [2.05, 4.69) is 15.7 Å². The highest BCUT2D eigenvalue weighted by Gasteiger charge is 2.31. The summed E-state index contributed by atoms with van der Waals surface area (Å²) in [4.78, 5) is 14.1. The number of fused-ring (bicyclic) bond motifs is 1. The van der Waals surface area contributed by atoms with Crippen molar-refractivity contribution in [2.75, 3.05) is 29.9 Å². The van der Waals surface area contributed by atoms with E-state index in [0.29, 0.717) is 12.3 Å². The van der Waals surface area contributed by atoms with Gasteiger partial charge < -0.3 is 15.5 Å². The van der Waals surface area contributed by atoms with Crippen LogP contribution in [0.15, 0.2) is 42.6 Å². The predicted octanol–water partition coefficient (Wildman–Crippen LogP) is 1.32. The molecule has 1 aromatic heterocycles. The summed E-state index contributed by atoms with van der Waals surface area (Å²) in [6.45, 7) is 3.51. The first-order valence-corrected chi connectivity index (χ1v) is 8.14. The van der Waals surface area contributed by atoms with Crippen LogP contribution in [0.2, 0.25) is 0 Å². The van der Waals surface area contributed by atoms with Gasteiger partial charge in [-0.15, -0.1) is 0 Å². The monoisotopic (exact) mass is 311 g/mol. The van der Waals surface area contributed by atoms with E-state index in [1.54, 1.807) is 0 Å². The summed E-state index contributed by atoms with van der Waals surface area (Å²) >= 11 is 0. The molecule has 1 saturated heterocycles. The minimum Gasteiger partial charge on any atom is -0.370 e. The number of rotatable bonds is 4. The van der Waals surface area contributed by atoms with Crippen LogP contribution in [-0.2, 0) is 11.3 Å². The summed E-state index contributed by atoms with van der Waals surface area (Å²) in [5, 5.41) is 11.3. The van der Waals surface area contributed by atoms with E-state index >= 15 is 0 Å². The molecule has 120 valence electrons. The van der Waals surface area contributed by atoms with Crippen LogP contribution in [0, 0.1) is 5.92 Å². The van der Waals surface area contributed by atoms with Gasteiger partial charge in [-0.05, 0) is 12.1 Å². The number of amides is 1. The van der Waals surface area contributed by atoms with Gasteiger partial charge in [0.05, 0.1) is 6.20 Å². The lowest BCUT2D eigenvalue weighted by molar-refractivity contribution is -0.117. The Labute approximate surface area is 135 Å². The van der Waals surface area contributed by atoms with Gasteiger partial charge in [0.15, 0.2) is 0 Å². The largest absolute Gasteiger partial charge is 0.370 e. The van der Waals surface area contributed by atoms with Crippen LogP contribution in [0.5, 0.6) is 0 Å². The second kappa shape index (κ2) is 6.04. The number of aromatic nitrogens is 2. The summed E-state index contributed by atoms with van der Waals surface area (Å²) in [5.41, 5.74) is 0.988. The molecule has 0 spiro atoms. The van der Waals surface area contributed by atoms with Crippen molar-refractivity contribution in [2.45, 2.75) is 19.0 Å². The van der Waals surface area contributed by atoms with Crippen LogP contribution in [0.25, 0.3) is 0 Å². The van der Waals surface area contributed by atoms with Crippen molar-refractivity contribution in [1.82, 2.24) is 15.1 Å². The molecule has 0 bridgehead atoms. The minimum atomic E-state index is 0.199. The summed E-state index contributed by atoms with van der Waals surface area (Å²) in [6.07, 6.45) is 2.40. The Balaban J connectivity index is 1.32. The zero-order valence-corrected chi connectivity index (χ0v) is 13.0. The third-order valence-corrected chi connectivity index (χ3v) is 4.61. The van der Waals surface area contributed by atoms with Gasteiger partial charge in [-0.25, -0.2) is 4.68 Å². The quantitative estimate of drug-likeness (QED) is 0.894. The molecule has 23 heavy (non-hydrogen) atoms. The van der Waals surface area contributed by atoms with Gasteiger partial charge in [-0.2, -0.15) is 5.10 Å². The van der Waals surface area contributed by atoms with Crippen LogP contribution >= 0.6 is 0 Å². The summed E-state index contributed by atoms with van der Waals surface area (Å²) in [6, 6.07) is 12.1. The molecule has 1 fully saturated rings. The number of hydrogen-bond donors (Lipinski definition) is 2. The molecule has 1 aromatic carbocycles. The van der Waals surface area contributed by atoms with Crippen molar-refractivity contribution in [3.63, 3.8) is 0 Å². The van der Waals surface area contributed by atoms with Crippen LogP contribution in [-0.4, -0.2) is 41.4 Å². The second-order valence-corrected chi connectivity index (χ2v) is 6.29. The normalized spacial score (nSPS) is 23.7. The Hall–Kier alpha value is -2.34. The highest BCUT2D eigenvalue weighted by atomic mass is 16.2. The number of carbonyl (C=O) groups is 1. The molecule has 0 saturated carbocycles. The maximum Gasteiger partial charge on any atom is 0.228 e. The lowest BCUT2D eigenvalue weighted by Crippen LogP contribution is -2.40. The maximum atomic E-state index is 12.2. The number of nitrogens with one attached hydrogen (secondary N) is 2. The molecular formula is C17H21N5O. The van der Waals surface area contributed by atoms with Gasteiger partial charge in [-0.3, -0.25) is 4.79 Å². The van der Waals surface area contributed by atoms with Gasteiger partial charge in [-0.1, -0.05) is 18.2 Å². The zero-order valence-electron chi connectivity index (χ0n) is 13.0. The molecule has 2 aliphatic heterocycles. The van der Waals surface area contributed by atoms with Crippen LogP contribution in [0.4, 0.5) is 11.5 Å². The van der Waals surface area contributed by atoms with Crippen molar-refractivity contribution >= 4 is 17.4 Å². The van der Waals surface area contributed by atoms with E-state index in [1.165, 1.54) is 0 Å². The number of nitrogens with zero attached hydrogens (tertiary/aromatic N) is 3. The Morgan fingerprint density at radius 1 is 1.22 bits per heavy atom. The van der Waals surface area contributed by atoms with Crippen LogP contribution < -0.4 is 15.5 Å². The fourth-order valence-electron chi connectivity index (χ4n) is 3.36. The summed E-state index contributed by atoms with van der Waals surface area (Å²) < 4.78 is 2.01. The number of anilines is 2. The van der Waals surface area contributed by atoms with Gasteiger partial charge in [0.25, 0.3) is 0 Å². The topological polar surface area (TPSA) is 62.2 Å². The lowest BCUT2D eigenvalue weighted by Gasteiger charge is -2.26. The first-order valence-electron chi connectivity index (χ1n) is 8.14. The van der Waals surface area contributed by atoms with Gasteiger partial charge in [0, 0.05) is 56.3 Å². The Morgan fingerprint density at radius 3 is 2.96 bits per heavy atom. The third-order valence-electron chi connectivity index (χ3n) is 4.61. The van der Waals surface area contributed by atoms with Gasteiger partial charge in [0.1, 0.15) is 5.82 Å². The fraction of sp³-hybridized carbons (Fsp3) is 0.412. The maximum absolute atomic E-state index is 12.2. The van der Waals surface area contributed by atoms with E-state index in [9.17, 15) is 4.79 Å². The Bertz CT molecular complexity index is 683. The van der Waals surface area contributed by atoms with Crippen molar-refractivity contribution in [3.8, 4) is 0 Å². The first kappa shape index (κ1) is 14.3. The number of carbonyl (C=O) groups excluding carboxylic acids is 1. The van der Waals surface area contributed by atoms with Crippen molar-refractivity contribution in [1.29, 1.82) is 0 Å². The molecule has 2 unspecified atom stereocenters. The summed E-state index contributed by atoms with van der Waals surface area (Å²) in [5.74, 6) is 1.78. The van der Waals surface area contributed by atoms with E-state index in [-0.39, 0.29) is 11.9 Å². The molecule has 2 atom stereocenters. The van der Waals surface area contributed by atoms with Crippen molar-refractivity contribution < 1.29 is 4.79 Å². The Kier molecular flexibility index (Phi) is 3.75. The molecule has 0 radical (unpaired) electrons. The van der Waals surface area contributed by atoms with Gasteiger partial charge >= 0.3 is 0 Å². The molecule has 6 nitrogen and oxygen atoms in total. The fourth-order valence-corrected chi connectivity index (χ4v) is 3.36. The average molecular weight is 311 g/mol. The minimum absolute atomic E-state index is 0.199. The average Bonchev–Trinajstić information content (AvgIpc) is 3.19. The first-order chi connectivity index (χ1) is 11.3. The molecule has 3 heterocycles. The van der Waals surface area contributed by atoms with E-state index in [0.717, 1.165) is 37.7 Å². The Morgan fingerprint density at radius 2 is 2.09 bits per heavy atom. The zero-order chi connectivity index (χ0) is 15.6. The van der Waals surface area contributed by atoms with Crippen LogP contribution in [0.1, 0.15) is 6.42 Å². The number of benzene rings is 1. The smallest absolute Gasteiger partial charge is 0.228 e. The number of para-hydroxylation sites is 1. The highest BCUT2D eigenvalue weighted by Crippen LogP contribution is 2.21. The van der Waals surface area contributed by atoms with Crippen molar-refractivity contribution in [2.24, 2.45) is 5.92 Å². The molecule has 4 rings (SSSR count). The van der Waals surface area contributed by atoms with E-state index in [4.69, 9.17) is 0 Å². The summed E-state index contributed by atoms with van der Waals surface area (Å²) in [7, 11) is 0. The third kappa shape index (κ3) is 2.94. The molecule has 2 aromatic rings. The molecular weight excluding hydrogens is 290 g/mol. The van der Waals surface area contributed by atoms with Gasteiger partial charge in [0.2, 0.25) is 5.91 Å². The lowest BCUT2D eigenvalue weighted by atomic mass is 10.1. The van der Waals surface area contributed by atoms with E-state index < -0.39 is 0 Å². The SMILES string of the molecule is O=C1CC(NCC2CNc3ccnn3C2)CN1c1ccccc1. The molecule has 2 N–H and O–H groups in total. The number of hydrogen-bond acceptors (Lipinski definition) is 4. The van der Waals surface area contributed by atoms with Crippen LogP contribution in [0.3, 0.4) is 0 Å².